The Kier molecular flexibility index (Phi) is 6.01. The van der Waals surface area contributed by atoms with E-state index in [1.165, 1.54) is 0 Å². The molecule has 0 spiro atoms. The van der Waals surface area contributed by atoms with Gasteiger partial charge in [0.15, 0.2) is 16.3 Å². The Morgan fingerprint density at radius 2 is 1.87 bits per heavy atom. The first-order valence-electron chi connectivity index (χ1n) is 10.4. The summed E-state index contributed by atoms with van der Waals surface area (Å²) in [6, 6.07) is 11.9. The molecule has 0 unspecified atom stereocenters. The minimum atomic E-state index is 0.682. The number of aromatic nitrogens is 3. The molecule has 0 atom stereocenters. The summed E-state index contributed by atoms with van der Waals surface area (Å²) in [6.45, 7) is 5.39. The number of benzene rings is 2. The molecule has 7 nitrogen and oxygen atoms in total. The molecule has 1 aliphatic heterocycles. The van der Waals surface area contributed by atoms with E-state index in [0.29, 0.717) is 6.61 Å². The van der Waals surface area contributed by atoms with Crippen molar-refractivity contribution in [3.63, 3.8) is 0 Å². The Morgan fingerprint density at radius 3 is 2.74 bits per heavy atom. The van der Waals surface area contributed by atoms with Crippen LogP contribution < -0.4 is 8.57 Å². The molecule has 0 amide bonds. The van der Waals surface area contributed by atoms with Crippen molar-refractivity contribution in [2.75, 3.05) is 39.5 Å². The highest BCUT2D eigenvalue weighted by molar-refractivity contribution is 9.06. The Labute approximate surface area is 188 Å². The number of nitrogens with zero attached hydrogens (tertiary/aromatic N) is 3. The summed E-state index contributed by atoms with van der Waals surface area (Å²) in [6.07, 6.45) is 4.57. The van der Waals surface area contributed by atoms with Gasteiger partial charge in [0.25, 0.3) is 0 Å². The van der Waals surface area contributed by atoms with Crippen molar-refractivity contribution < 1.29 is 13.3 Å². The van der Waals surface area contributed by atoms with Gasteiger partial charge >= 0.3 is 0 Å². The Hall–Kier alpha value is -2.68. The second-order valence-corrected chi connectivity index (χ2v) is 7.87. The fourth-order valence-corrected chi connectivity index (χ4v) is 4.19. The number of aromatic amines is 1. The highest BCUT2D eigenvalue weighted by Gasteiger charge is 2.13. The smallest absolute Gasteiger partial charge is 0.179 e. The van der Waals surface area contributed by atoms with Crippen LogP contribution in [0.1, 0.15) is 6.42 Å². The van der Waals surface area contributed by atoms with E-state index in [1.807, 2.05) is 42.6 Å². The number of H-pyrrole nitrogens is 1. The molecule has 2 aromatic heterocycles. The third-order valence-corrected chi connectivity index (χ3v) is 5.97. The summed E-state index contributed by atoms with van der Waals surface area (Å²) < 4.78 is 16.5. The molecule has 1 saturated heterocycles. The first-order chi connectivity index (χ1) is 15.3. The van der Waals surface area contributed by atoms with Crippen LogP contribution in [0.3, 0.4) is 0 Å². The molecule has 0 bridgehead atoms. The van der Waals surface area contributed by atoms with Crippen LogP contribution in [0.4, 0.5) is 0 Å². The highest BCUT2D eigenvalue weighted by Crippen LogP contribution is 2.34. The largest absolute Gasteiger partial charge is 0.493 e. The molecule has 2 aromatic carbocycles. The zero-order valence-electron chi connectivity index (χ0n) is 17.0. The Balaban J connectivity index is 1.33. The van der Waals surface area contributed by atoms with E-state index in [1.54, 1.807) is 6.33 Å². The standard InChI is InChI=1S/C23H23BrN4O3/c24-31-17-3-4-18-20(14-25-21(18)13-17)23-19-5-2-16(12-22(19)26-15-27-23)30-9-1-6-28-7-10-29-11-8-28/h2-5,12-15,25H,1,6-11H2. The van der Waals surface area contributed by atoms with Gasteiger partial charge in [0.05, 0.1) is 31.0 Å². The monoisotopic (exact) mass is 482 g/mol. The number of morpholine rings is 1. The van der Waals surface area contributed by atoms with Crippen LogP contribution in [0, 0.1) is 0 Å². The second-order valence-electron chi connectivity index (χ2n) is 7.54. The molecule has 1 aliphatic rings. The van der Waals surface area contributed by atoms with Crippen LogP contribution in [0.15, 0.2) is 48.9 Å². The maximum Gasteiger partial charge on any atom is 0.179 e. The summed E-state index contributed by atoms with van der Waals surface area (Å²) in [7, 11) is 0. The molecule has 1 N–H and O–H groups in total. The third kappa shape index (κ3) is 4.37. The van der Waals surface area contributed by atoms with Crippen molar-refractivity contribution in [1.82, 2.24) is 19.9 Å². The van der Waals surface area contributed by atoms with Crippen LogP contribution >= 0.6 is 16.3 Å². The molecular weight excluding hydrogens is 460 g/mol. The zero-order valence-corrected chi connectivity index (χ0v) is 18.6. The zero-order chi connectivity index (χ0) is 21.0. The van der Waals surface area contributed by atoms with Crippen LogP contribution in [0.25, 0.3) is 33.1 Å². The van der Waals surface area contributed by atoms with Crippen molar-refractivity contribution >= 4 is 38.1 Å². The first-order valence-corrected chi connectivity index (χ1v) is 11.0. The van der Waals surface area contributed by atoms with Crippen molar-refractivity contribution in [3.8, 4) is 22.8 Å². The lowest BCUT2D eigenvalue weighted by molar-refractivity contribution is 0.0358. The molecular formula is C23H23BrN4O3. The number of hydrogen-bond acceptors (Lipinski definition) is 6. The fraction of sp³-hybridized carbons (Fsp3) is 0.304. The lowest BCUT2D eigenvalue weighted by atomic mass is 10.1. The van der Waals surface area contributed by atoms with E-state index in [9.17, 15) is 0 Å². The third-order valence-electron chi connectivity index (χ3n) is 5.60. The van der Waals surface area contributed by atoms with E-state index >= 15 is 0 Å². The lowest BCUT2D eigenvalue weighted by Gasteiger charge is -2.26. The van der Waals surface area contributed by atoms with Crippen molar-refractivity contribution in [2.45, 2.75) is 6.42 Å². The van der Waals surface area contributed by atoms with Gasteiger partial charge in [0, 0.05) is 59.8 Å². The molecule has 31 heavy (non-hydrogen) atoms. The van der Waals surface area contributed by atoms with Crippen LogP contribution in [0.2, 0.25) is 0 Å². The van der Waals surface area contributed by atoms with E-state index < -0.39 is 0 Å². The Morgan fingerprint density at radius 1 is 1.03 bits per heavy atom. The van der Waals surface area contributed by atoms with Gasteiger partial charge in [-0.2, -0.15) is 0 Å². The second kappa shape index (κ2) is 9.21. The van der Waals surface area contributed by atoms with Crippen molar-refractivity contribution in [2.24, 2.45) is 0 Å². The Bertz CT molecular complexity index is 1190. The summed E-state index contributed by atoms with van der Waals surface area (Å²) >= 11 is 3.02. The van der Waals surface area contributed by atoms with Gasteiger partial charge in [0.2, 0.25) is 0 Å². The van der Waals surface area contributed by atoms with Crippen LogP contribution in [-0.4, -0.2) is 59.3 Å². The topological polar surface area (TPSA) is 72.5 Å². The number of hydrogen-bond donors (Lipinski definition) is 1. The molecule has 3 heterocycles. The molecule has 0 aliphatic carbocycles. The average molecular weight is 483 g/mol. The van der Waals surface area contributed by atoms with Gasteiger partial charge in [-0.05, 0) is 30.7 Å². The number of nitrogens with one attached hydrogen (secondary N) is 1. The fourth-order valence-electron chi connectivity index (χ4n) is 3.99. The van der Waals surface area contributed by atoms with Crippen LogP contribution in [0.5, 0.6) is 11.5 Å². The predicted molar refractivity (Wildman–Crippen MR) is 124 cm³/mol. The van der Waals surface area contributed by atoms with E-state index in [0.717, 1.165) is 83.8 Å². The van der Waals surface area contributed by atoms with E-state index in [4.69, 9.17) is 13.3 Å². The molecule has 0 saturated carbocycles. The minimum absolute atomic E-state index is 0.682. The quantitative estimate of drug-likeness (QED) is 0.389. The molecule has 160 valence electrons. The lowest BCUT2D eigenvalue weighted by Crippen LogP contribution is -2.37. The van der Waals surface area contributed by atoms with E-state index in [-0.39, 0.29) is 0 Å². The van der Waals surface area contributed by atoms with Crippen molar-refractivity contribution in [3.05, 3.63) is 48.9 Å². The average Bonchev–Trinajstić information content (AvgIpc) is 3.25. The normalized spacial score (nSPS) is 14.9. The van der Waals surface area contributed by atoms with Gasteiger partial charge in [-0.15, -0.1) is 0 Å². The maximum absolute atomic E-state index is 5.99. The molecule has 0 radical (unpaired) electrons. The van der Waals surface area contributed by atoms with Crippen LogP contribution in [-0.2, 0) is 4.74 Å². The molecule has 5 rings (SSSR count). The number of halogens is 1. The first kappa shape index (κ1) is 20.2. The van der Waals surface area contributed by atoms with Gasteiger partial charge in [-0.3, -0.25) is 4.90 Å². The predicted octanol–water partition coefficient (Wildman–Crippen LogP) is 4.57. The van der Waals surface area contributed by atoms with E-state index in [2.05, 4.69) is 36.1 Å². The summed E-state index contributed by atoms with van der Waals surface area (Å²) in [5, 5.41) is 2.07. The molecule has 8 heteroatoms. The summed E-state index contributed by atoms with van der Waals surface area (Å²) in [5.41, 5.74) is 3.77. The van der Waals surface area contributed by atoms with Gasteiger partial charge in [-0.1, -0.05) is 0 Å². The number of fused-ring (bicyclic) bond motifs is 2. The highest BCUT2D eigenvalue weighted by atomic mass is 79.9. The summed E-state index contributed by atoms with van der Waals surface area (Å²) in [4.78, 5) is 14.8. The maximum atomic E-state index is 5.99. The van der Waals surface area contributed by atoms with Gasteiger partial charge < -0.3 is 18.3 Å². The summed E-state index contributed by atoms with van der Waals surface area (Å²) in [5.74, 6) is 1.57. The van der Waals surface area contributed by atoms with Crippen molar-refractivity contribution in [1.29, 1.82) is 0 Å². The van der Waals surface area contributed by atoms with Gasteiger partial charge in [0.1, 0.15) is 17.8 Å². The van der Waals surface area contributed by atoms with Gasteiger partial charge in [-0.25, -0.2) is 9.97 Å². The molecule has 1 fully saturated rings. The number of rotatable bonds is 7. The molecule has 4 aromatic rings. The number of ether oxygens (including phenoxy) is 2. The minimum Gasteiger partial charge on any atom is -0.493 e. The SMILES string of the molecule is BrOc1ccc2c(-c3ncnc4cc(OCCCN5CCOCC5)ccc34)c[nH]c2c1.